The molecular weight excluding hydrogens is 404 g/mol. The second kappa shape index (κ2) is 7.17. The minimum absolute atomic E-state index is 0.0138. The minimum Gasteiger partial charge on any atom is -0.384 e. The fourth-order valence-corrected chi connectivity index (χ4v) is 4.58. The zero-order valence-electron chi connectivity index (χ0n) is 15.7. The molecule has 3 heterocycles. The molecule has 1 aliphatic heterocycles. The molecule has 2 aromatic rings. The predicted octanol–water partition coefficient (Wildman–Crippen LogP) is 1.85. The van der Waals surface area contributed by atoms with Crippen molar-refractivity contribution in [2.24, 2.45) is 5.92 Å². The highest BCUT2D eigenvalue weighted by Gasteiger charge is 2.37. The Hall–Kier alpha value is -2.46. The molecule has 0 spiro atoms. The molecule has 2 aromatic heterocycles. The summed E-state index contributed by atoms with van der Waals surface area (Å²) in [4.78, 5) is 26.5. The summed E-state index contributed by atoms with van der Waals surface area (Å²) in [5.74, 6) is 0.0352. The van der Waals surface area contributed by atoms with Gasteiger partial charge in [0.2, 0.25) is 0 Å². The Kier molecular flexibility index (Phi) is 5.20. The van der Waals surface area contributed by atoms with Gasteiger partial charge in [-0.05, 0) is 38.3 Å². The van der Waals surface area contributed by atoms with Gasteiger partial charge < -0.3 is 10.6 Å². The van der Waals surface area contributed by atoms with E-state index in [0.29, 0.717) is 11.7 Å². The first-order valence-corrected chi connectivity index (χ1v) is 10.5. The summed E-state index contributed by atoms with van der Waals surface area (Å²) < 4.78 is 26.5. The summed E-state index contributed by atoms with van der Waals surface area (Å²) in [6, 6.07) is 4.07. The van der Waals surface area contributed by atoms with Crippen LogP contribution in [0.25, 0.3) is 0 Å². The standard InChI is InChI=1S/C17H21ClN6O3S/c1-10-7-17(2,3)24(9-10)12-8-20-14(15(18)22-12)16(25)23-28(26,27)13-6-4-5-11(19)21-13/h4-6,8,10H,7,9H2,1-3H3,(H2,19,21)(H,23,25). The lowest BCUT2D eigenvalue weighted by Crippen LogP contribution is -2.39. The Bertz CT molecular complexity index is 1030. The number of rotatable bonds is 4. The van der Waals surface area contributed by atoms with Crippen LogP contribution >= 0.6 is 11.6 Å². The number of nitrogens with two attached hydrogens (primary N) is 1. The summed E-state index contributed by atoms with van der Waals surface area (Å²) in [5, 5.41) is -0.560. The van der Waals surface area contributed by atoms with Crippen LogP contribution in [0.1, 0.15) is 37.7 Å². The molecule has 1 aliphatic rings. The lowest BCUT2D eigenvalue weighted by molar-refractivity contribution is 0.0976. The summed E-state index contributed by atoms with van der Waals surface area (Å²) in [5.41, 5.74) is 5.08. The number of amides is 1. The molecule has 0 aliphatic carbocycles. The minimum atomic E-state index is -4.23. The number of nitrogens with one attached hydrogen (secondary N) is 1. The molecule has 0 bridgehead atoms. The van der Waals surface area contributed by atoms with Crippen molar-refractivity contribution in [2.45, 2.75) is 37.8 Å². The number of sulfonamides is 1. The maximum Gasteiger partial charge on any atom is 0.286 e. The van der Waals surface area contributed by atoms with Gasteiger partial charge in [0, 0.05) is 12.1 Å². The molecule has 0 radical (unpaired) electrons. The van der Waals surface area contributed by atoms with Crippen molar-refractivity contribution in [3.8, 4) is 0 Å². The van der Waals surface area contributed by atoms with Gasteiger partial charge in [-0.15, -0.1) is 0 Å². The number of anilines is 2. The average molecular weight is 425 g/mol. The zero-order chi connectivity index (χ0) is 20.7. The van der Waals surface area contributed by atoms with Crippen LogP contribution in [0.4, 0.5) is 11.6 Å². The van der Waals surface area contributed by atoms with Crippen molar-refractivity contribution < 1.29 is 13.2 Å². The van der Waals surface area contributed by atoms with E-state index >= 15 is 0 Å². The topological polar surface area (TPSA) is 131 Å². The van der Waals surface area contributed by atoms with E-state index in [-0.39, 0.29) is 27.2 Å². The normalized spacial score (nSPS) is 18.9. The molecular formula is C17H21ClN6O3S. The number of carbonyl (C=O) groups excluding carboxylic acids is 1. The van der Waals surface area contributed by atoms with Gasteiger partial charge in [0.05, 0.1) is 6.20 Å². The molecule has 1 unspecified atom stereocenters. The molecule has 3 rings (SSSR count). The van der Waals surface area contributed by atoms with Crippen molar-refractivity contribution in [3.05, 3.63) is 35.2 Å². The molecule has 150 valence electrons. The zero-order valence-corrected chi connectivity index (χ0v) is 17.3. The summed E-state index contributed by atoms with van der Waals surface area (Å²) in [7, 11) is -4.23. The van der Waals surface area contributed by atoms with E-state index in [4.69, 9.17) is 17.3 Å². The summed E-state index contributed by atoms with van der Waals surface area (Å²) in [6.07, 6.45) is 2.41. The van der Waals surface area contributed by atoms with Gasteiger partial charge >= 0.3 is 0 Å². The quantitative estimate of drug-likeness (QED) is 0.760. The van der Waals surface area contributed by atoms with Crippen molar-refractivity contribution in [1.82, 2.24) is 19.7 Å². The highest BCUT2D eigenvalue weighted by atomic mass is 35.5. The molecule has 1 atom stereocenters. The number of pyridine rings is 1. The van der Waals surface area contributed by atoms with Gasteiger partial charge in [-0.1, -0.05) is 24.6 Å². The Morgan fingerprint density at radius 3 is 2.64 bits per heavy atom. The number of aromatic nitrogens is 3. The number of carbonyl (C=O) groups is 1. The second-order valence-electron chi connectivity index (χ2n) is 7.44. The molecule has 9 nitrogen and oxygen atoms in total. The van der Waals surface area contributed by atoms with E-state index in [1.54, 1.807) is 0 Å². The third kappa shape index (κ3) is 4.02. The van der Waals surface area contributed by atoms with Crippen LogP contribution in [0.3, 0.4) is 0 Å². The van der Waals surface area contributed by atoms with Crippen LogP contribution in [-0.4, -0.2) is 41.4 Å². The van der Waals surface area contributed by atoms with Crippen molar-refractivity contribution in [1.29, 1.82) is 0 Å². The third-order valence-electron chi connectivity index (χ3n) is 4.53. The van der Waals surface area contributed by atoms with E-state index < -0.39 is 15.9 Å². The van der Waals surface area contributed by atoms with E-state index in [1.807, 2.05) is 4.72 Å². The first kappa shape index (κ1) is 20.3. The molecule has 3 N–H and O–H groups in total. The molecule has 28 heavy (non-hydrogen) atoms. The fourth-order valence-electron chi connectivity index (χ4n) is 3.43. The Labute approximate surface area is 168 Å². The highest BCUT2D eigenvalue weighted by Crippen LogP contribution is 2.35. The third-order valence-corrected chi connectivity index (χ3v) is 6.02. The van der Waals surface area contributed by atoms with E-state index in [9.17, 15) is 13.2 Å². The van der Waals surface area contributed by atoms with Crippen LogP contribution in [0.5, 0.6) is 0 Å². The average Bonchev–Trinajstić information content (AvgIpc) is 2.86. The molecule has 11 heteroatoms. The van der Waals surface area contributed by atoms with E-state index in [1.165, 1.54) is 24.4 Å². The van der Waals surface area contributed by atoms with Crippen LogP contribution in [0, 0.1) is 5.92 Å². The van der Waals surface area contributed by atoms with Gasteiger partial charge in [-0.25, -0.2) is 19.7 Å². The van der Waals surface area contributed by atoms with Crippen molar-refractivity contribution >= 4 is 39.2 Å². The first-order valence-electron chi connectivity index (χ1n) is 8.59. The van der Waals surface area contributed by atoms with Gasteiger partial charge in [-0.2, -0.15) is 8.42 Å². The second-order valence-corrected chi connectivity index (χ2v) is 9.42. The van der Waals surface area contributed by atoms with Gasteiger partial charge in [0.15, 0.2) is 15.9 Å². The van der Waals surface area contributed by atoms with Crippen LogP contribution in [0.15, 0.2) is 29.4 Å². The Balaban J connectivity index is 1.83. The summed E-state index contributed by atoms with van der Waals surface area (Å²) >= 11 is 6.14. The Morgan fingerprint density at radius 2 is 2.07 bits per heavy atom. The SMILES string of the molecule is CC1CN(c2cnc(C(=O)NS(=O)(=O)c3cccc(N)n3)c(Cl)n2)C(C)(C)C1. The molecule has 1 saturated heterocycles. The Morgan fingerprint density at radius 1 is 1.36 bits per heavy atom. The largest absolute Gasteiger partial charge is 0.384 e. The molecule has 1 amide bonds. The van der Waals surface area contributed by atoms with Gasteiger partial charge in [0.1, 0.15) is 11.6 Å². The van der Waals surface area contributed by atoms with Gasteiger partial charge in [-0.3, -0.25) is 4.79 Å². The number of hydrogen-bond donors (Lipinski definition) is 2. The summed E-state index contributed by atoms with van der Waals surface area (Å²) in [6.45, 7) is 7.13. The highest BCUT2D eigenvalue weighted by molar-refractivity contribution is 7.90. The van der Waals surface area contributed by atoms with E-state index in [2.05, 4.69) is 40.6 Å². The number of hydrogen-bond acceptors (Lipinski definition) is 8. The fraction of sp³-hybridized carbons (Fsp3) is 0.412. The number of nitrogens with zero attached hydrogens (tertiary/aromatic N) is 4. The van der Waals surface area contributed by atoms with Crippen LogP contribution in [-0.2, 0) is 10.0 Å². The molecule has 0 aromatic carbocycles. The monoisotopic (exact) mass is 424 g/mol. The van der Waals surface area contributed by atoms with Gasteiger partial charge in [0.25, 0.3) is 15.9 Å². The first-order chi connectivity index (χ1) is 13.0. The lowest BCUT2D eigenvalue weighted by atomic mass is 9.98. The maximum absolute atomic E-state index is 12.4. The lowest BCUT2D eigenvalue weighted by Gasteiger charge is -2.32. The molecule has 1 fully saturated rings. The maximum atomic E-state index is 12.4. The van der Waals surface area contributed by atoms with Crippen LogP contribution in [0.2, 0.25) is 5.15 Å². The van der Waals surface area contributed by atoms with E-state index in [0.717, 1.165) is 13.0 Å². The number of halogens is 1. The van der Waals surface area contributed by atoms with Crippen molar-refractivity contribution in [3.63, 3.8) is 0 Å². The van der Waals surface area contributed by atoms with Crippen LogP contribution < -0.4 is 15.4 Å². The smallest absolute Gasteiger partial charge is 0.286 e. The molecule has 0 saturated carbocycles. The van der Waals surface area contributed by atoms with Crippen molar-refractivity contribution in [2.75, 3.05) is 17.2 Å². The predicted molar refractivity (Wildman–Crippen MR) is 106 cm³/mol. The number of nitrogen functional groups attached to an aromatic ring is 1.